The van der Waals surface area contributed by atoms with Gasteiger partial charge in [-0.1, -0.05) is 22.7 Å². The lowest BCUT2D eigenvalue weighted by molar-refractivity contribution is -0.0258. The summed E-state index contributed by atoms with van der Waals surface area (Å²) >= 11 is 0. The summed E-state index contributed by atoms with van der Waals surface area (Å²) in [4.78, 5) is 32.3. The molecule has 1 N–H and O–H groups in total. The lowest BCUT2D eigenvalue weighted by Crippen LogP contribution is -2.29. The summed E-state index contributed by atoms with van der Waals surface area (Å²) in [7, 11) is -1.38. The zero-order valence-electron chi connectivity index (χ0n) is 17.2. The fraction of sp³-hybridized carbons (Fsp3) is 0.333. The van der Waals surface area contributed by atoms with E-state index >= 15 is 0 Å². The molecule has 3 rings (SSSR count). The van der Waals surface area contributed by atoms with Gasteiger partial charge in [0.15, 0.2) is 0 Å². The van der Waals surface area contributed by atoms with Crippen LogP contribution in [0.2, 0.25) is 0 Å². The van der Waals surface area contributed by atoms with Gasteiger partial charge < -0.3 is 10.2 Å². The zero-order chi connectivity index (χ0) is 21.9. The molecule has 1 aliphatic heterocycles. The van der Waals surface area contributed by atoms with Crippen LogP contribution in [0, 0.1) is 6.92 Å². The predicted octanol–water partition coefficient (Wildman–Crippen LogP) is 2.67. The van der Waals surface area contributed by atoms with Gasteiger partial charge in [0.25, 0.3) is 21.8 Å². The smallest absolute Gasteiger partial charge is 0.264 e. The molecule has 2 aromatic carbocycles. The van der Waals surface area contributed by atoms with Gasteiger partial charge in [-0.05, 0) is 49.6 Å². The zero-order valence-corrected chi connectivity index (χ0v) is 18.0. The van der Waals surface area contributed by atoms with E-state index < -0.39 is 15.9 Å². The first kappa shape index (κ1) is 21.9. The first-order chi connectivity index (χ1) is 14.3. The molecule has 1 aliphatic rings. The van der Waals surface area contributed by atoms with E-state index in [0.29, 0.717) is 24.3 Å². The standard InChI is InChI=1S/C21H25N3O5S/c1-15-8-6-11-18(21(26)24-12-4-5-13-24)19(15)22-20(25)16-9-7-10-17(14-16)30(27,28)23(2)29-3/h6-11,14H,4-5,12-13H2,1-3H3,(H,22,25). The molecule has 0 atom stereocenters. The molecule has 160 valence electrons. The molecule has 1 saturated heterocycles. The first-order valence-corrected chi connectivity index (χ1v) is 11.0. The number of benzene rings is 2. The number of nitrogens with zero attached hydrogens (tertiary/aromatic N) is 2. The summed E-state index contributed by atoms with van der Waals surface area (Å²) in [6, 6.07) is 10.9. The Balaban J connectivity index is 1.90. The van der Waals surface area contributed by atoms with Gasteiger partial charge in [-0.25, -0.2) is 8.42 Å². The Bertz CT molecular complexity index is 1060. The monoisotopic (exact) mass is 431 g/mol. The molecule has 1 heterocycles. The number of amides is 2. The molecule has 30 heavy (non-hydrogen) atoms. The van der Waals surface area contributed by atoms with Crippen molar-refractivity contribution in [2.45, 2.75) is 24.7 Å². The third-order valence-electron chi connectivity index (χ3n) is 5.12. The van der Waals surface area contributed by atoms with E-state index in [1.807, 2.05) is 13.0 Å². The largest absolute Gasteiger partial charge is 0.339 e. The second-order valence-corrected chi connectivity index (χ2v) is 9.01. The second kappa shape index (κ2) is 8.95. The van der Waals surface area contributed by atoms with Crippen LogP contribution in [0.25, 0.3) is 0 Å². The summed E-state index contributed by atoms with van der Waals surface area (Å²) in [6.07, 6.45) is 1.94. The van der Waals surface area contributed by atoms with Crippen molar-refractivity contribution >= 4 is 27.5 Å². The van der Waals surface area contributed by atoms with Crippen LogP contribution in [-0.4, -0.2) is 56.8 Å². The summed E-state index contributed by atoms with van der Waals surface area (Å²) in [5.41, 5.74) is 1.76. The maximum atomic E-state index is 12.9. The highest BCUT2D eigenvalue weighted by Crippen LogP contribution is 2.25. The number of carbonyl (C=O) groups excluding carboxylic acids is 2. The highest BCUT2D eigenvalue weighted by Gasteiger charge is 2.25. The average Bonchev–Trinajstić information content (AvgIpc) is 3.29. The van der Waals surface area contributed by atoms with Crippen molar-refractivity contribution in [3.05, 3.63) is 59.2 Å². The Hall–Kier alpha value is -2.75. The molecule has 0 bridgehead atoms. The van der Waals surface area contributed by atoms with Gasteiger partial charge in [-0.15, -0.1) is 0 Å². The molecule has 0 radical (unpaired) electrons. The molecule has 0 aliphatic carbocycles. The number of nitrogens with one attached hydrogen (secondary N) is 1. The number of para-hydroxylation sites is 1. The van der Waals surface area contributed by atoms with Gasteiger partial charge in [0.1, 0.15) is 0 Å². The minimum atomic E-state index is -3.89. The van der Waals surface area contributed by atoms with Gasteiger partial charge in [0.2, 0.25) is 0 Å². The van der Waals surface area contributed by atoms with Gasteiger partial charge in [-0.2, -0.15) is 0 Å². The number of hydrogen-bond donors (Lipinski definition) is 1. The second-order valence-electron chi connectivity index (χ2n) is 7.08. The average molecular weight is 432 g/mol. The molecule has 9 heteroatoms. The molecule has 2 amide bonds. The minimum absolute atomic E-state index is 0.0716. The fourth-order valence-corrected chi connectivity index (χ4v) is 4.35. The molecule has 0 saturated carbocycles. The molecule has 1 fully saturated rings. The fourth-order valence-electron chi connectivity index (χ4n) is 3.33. The highest BCUT2D eigenvalue weighted by atomic mass is 32.2. The molecular formula is C21H25N3O5S. The third kappa shape index (κ3) is 4.38. The van der Waals surface area contributed by atoms with Crippen molar-refractivity contribution in [2.75, 3.05) is 32.6 Å². The lowest BCUT2D eigenvalue weighted by atomic mass is 10.1. The number of rotatable bonds is 6. The maximum Gasteiger partial charge on any atom is 0.264 e. The Morgan fingerprint density at radius 1 is 1.10 bits per heavy atom. The maximum absolute atomic E-state index is 12.9. The van der Waals surface area contributed by atoms with Crippen molar-refractivity contribution in [1.29, 1.82) is 0 Å². The van der Waals surface area contributed by atoms with Crippen LogP contribution in [0.15, 0.2) is 47.4 Å². The van der Waals surface area contributed by atoms with E-state index in [-0.39, 0.29) is 16.4 Å². The number of carbonyl (C=O) groups is 2. The predicted molar refractivity (Wildman–Crippen MR) is 113 cm³/mol. The number of anilines is 1. The van der Waals surface area contributed by atoms with E-state index in [1.165, 1.54) is 38.4 Å². The van der Waals surface area contributed by atoms with E-state index in [1.54, 1.807) is 17.0 Å². The van der Waals surface area contributed by atoms with Gasteiger partial charge in [0, 0.05) is 25.7 Å². The number of hydroxylamine groups is 1. The van der Waals surface area contributed by atoms with Crippen LogP contribution >= 0.6 is 0 Å². The Morgan fingerprint density at radius 2 is 1.77 bits per heavy atom. The van der Waals surface area contributed by atoms with Crippen molar-refractivity contribution in [3.8, 4) is 0 Å². The number of aryl methyl sites for hydroxylation is 1. The van der Waals surface area contributed by atoms with E-state index in [9.17, 15) is 18.0 Å². The molecule has 0 aromatic heterocycles. The van der Waals surface area contributed by atoms with Crippen LogP contribution in [0.1, 0.15) is 39.1 Å². The van der Waals surface area contributed by atoms with E-state index in [2.05, 4.69) is 5.32 Å². The van der Waals surface area contributed by atoms with Crippen molar-refractivity contribution in [2.24, 2.45) is 0 Å². The summed E-state index contributed by atoms with van der Waals surface area (Å²) in [5.74, 6) is -0.624. The summed E-state index contributed by atoms with van der Waals surface area (Å²) in [6.45, 7) is 3.21. The first-order valence-electron chi connectivity index (χ1n) is 9.59. The Labute approximate surface area is 176 Å². The quantitative estimate of drug-likeness (QED) is 0.710. The summed E-state index contributed by atoms with van der Waals surface area (Å²) in [5, 5.41) is 2.80. The van der Waals surface area contributed by atoms with Crippen molar-refractivity contribution in [3.63, 3.8) is 0 Å². The molecular weight excluding hydrogens is 406 g/mol. The minimum Gasteiger partial charge on any atom is -0.339 e. The molecule has 2 aromatic rings. The van der Waals surface area contributed by atoms with Crippen LogP contribution in [-0.2, 0) is 14.9 Å². The van der Waals surface area contributed by atoms with Gasteiger partial charge >= 0.3 is 0 Å². The van der Waals surface area contributed by atoms with E-state index in [4.69, 9.17) is 4.84 Å². The summed E-state index contributed by atoms with van der Waals surface area (Å²) < 4.78 is 25.6. The Morgan fingerprint density at radius 3 is 2.43 bits per heavy atom. The number of sulfonamides is 1. The molecule has 0 spiro atoms. The van der Waals surface area contributed by atoms with Crippen LogP contribution in [0.4, 0.5) is 5.69 Å². The van der Waals surface area contributed by atoms with E-state index in [0.717, 1.165) is 22.9 Å². The third-order valence-corrected chi connectivity index (χ3v) is 6.80. The SMILES string of the molecule is CON(C)S(=O)(=O)c1cccc(C(=O)Nc2c(C)cccc2C(=O)N2CCCC2)c1. The Kier molecular flexibility index (Phi) is 6.55. The molecule has 0 unspecified atom stereocenters. The van der Waals surface area contributed by atoms with Gasteiger partial charge in [0.05, 0.1) is 23.3 Å². The van der Waals surface area contributed by atoms with Crippen molar-refractivity contribution in [1.82, 2.24) is 9.37 Å². The number of likely N-dealkylation sites (tertiary alicyclic amines) is 1. The number of hydrogen-bond acceptors (Lipinski definition) is 5. The topological polar surface area (TPSA) is 96.0 Å². The molecule has 8 nitrogen and oxygen atoms in total. The normalized spacial score (nSPS) is 14.2. The van der Waals surface area contributed by atoms with Crippen LogP contribution in [0.5, 0.6) is 0 Å². The lowest BCUT2D eigenvalue weighted by Gasteiger charge is -2.19. The van der Waals surface area contributed by atoms with Gasteiger partial charge in [-0.3, -0.25) is 14.4 Å². The van der Waals surface area contributed by atoms with Crippen LogP contribution in [0.3, 0.4) is 0 Å². The van der Waals surface area contributed by atoms with Crippen LogP contribution < -0.4 is 5.32 Å². The highest BCUT2D eigenvalue weighted by molar-refractivity contribution is 7.89. The van der Waals surface area contributed by atoms with Crippen molar-refractivity contribution < 1.29 is 22.8 Å².